The van der Waals surface area contributed by atoms with E-state index in [-0.39, 0.29) is 18.7 Å². The molecule has 18 heavy (non-hydrogen) atoms. The number of carbonyl (C=O) groups excluding carboxylic acids is 1. The third-order valence-corrected chi connectivity index (χ3v) is 4.24. The Balaban J connectivity index is 1.79. The summed E-state index contributed by atoms with van der Waals surface area (Å²) in [7, 11) is 0. The summed E-state index contributed by atoms with van der Waals surface area (Å²) in [5, 5.41) is 12.2. The smallest absolute Gasteiger partial charge is 0.317 e. The van der Waals surface area contributed by atoms with E-state index in [1.54, 1.807) is 0 Å². The molecule has 2 rings (SSSR count). The first-order valence-electron chi connectivity index (χ1n) is 7.44. The van der Waals surface area contributed by atoms with Gasteiger partial charge in [0.1, 0.15) is 0 Å². The van der Waals surface area contributed by atoms with E-state index in [9.17, 15) is 4.79 Å². The van der Waals surface area contributed by atoms with Gasteiger partial charge in [-0.2, -0.15) is 0 Å². The van der Waals surface area contributed by atoms with Gasteiger partial charge in [0, 0.05) is 25.2 Å². The van der Waals surface area contributed by atoms with Gasteiger partial charge >= 0.3 is 6.03 Å². The lowest BCUT2D eigenvalue weighted by molar-refractivity contribution is 0.131. The number of piperidine rings is 1. The highest BCUT2D eigenvalue weighted by Gasteiger charge is 2.39. The van der Waals surface area contributed by atoms with Crippen LogP contribution in [-0.4, -0.2) is 41.3 Å². The molecule has 3 atom stereocenters. The van der Waals surface area contributed by atoms with E-state index in [1.807, 2.05) is 4.90 Å². The van der Waals surface area contributed by atoms with Gasteiger partial charge in [-0.15, -0.1) is 0 Å². The van der Waals surface area contributed by atoms with Crippen LogP contribution in [0.2, 0.25) is 0 Å². The number of nitrogens with one attached hydrogen (secondary N) is 1. The van der Waals surface area contributed by atoms with Crippen molar-refractivity contribution in [2.24, 2.45) is 5.92 Å². The first-order valence-corrected chi connectivity index (χ1v) is 7.44. The maximum Gasteiger partial charge on any atom is 0.317 e. The number of urea groups is 1. The van der Waals surface area contributed by atoms with Gasteiger partial charge in [0.25, 0.3) is 0 Å². The van der Waals surface area contributed by atoms with Crippen LogP contribution in [0.3, 0.4) is 0 Å². The molecule has 3 unspecified atom stereocenters. The maximum atomic E-state index is 12.2. The topological polar surface area (TPSA) is 52.6 Å². The molecule has 1 heterocycles. The van der Waals surface area contributed by atoms with Gasteiger partial charge in [0.15, 0.2) is 0 Å². The number of amides is 2. The highest BCUT2D eigenvalue weighted by Crippen LogP contribution is 2.34. The number of hydrogen-bond acceptors (Lipinski definition) is 2. The van der Waals surface area contributed by atoms with Gasteiger partial charge in [0.2, 0.25) is 0 Å². The zero-order valence-corrected chi connectivity index (χ0v) is 11.4. The normalized spacial score (nSPS) is 31.2. The lowest BCUT2D eigenvalue weighted by atomic mass is 10.0. The van der Waals surface area contributed by atoms with Gasteiger partial charge < -0.3 is 15.3 Å². The molecule has 4 heteroatoms. The molecule has 0 radical (unpaired) electrons. The van der Waals surface area contributed by atoms with E-state index in [2.05, 4.69) is 12.2 Å². The van der Waals surface area contributed by atoms with Crippen molar-refractivity contribution in [2.45, 2.75) is 64.0 Å². The predicted octanol–water partition coefficient (Wildman–Crippen LogP) is 2.12. The highest BCUT2D eigenvalue weighted by molar-refractivity contribution is 5.75. The average Bonchev–Trinajstić information content (AvgIpc) is 3.09. The van der Waals surface area contributed by atoms with Crippen molar-refractivity contribution < 1.29 is 9.90 Å². The zero-order chi connectivity index (χ0) is 13.0. The first kappa shape index (κ1) is 13.7. The minimum atomic E-state index is 0.0942. The number of nitrogens with zero attached hydrogens (tertiary/aromatic N) is 1. The summed E-state index contributed by atoms with van der Waals surface area (Å²) in [5.74, 6) is 0.708. The molecule has 0 bridgehead atoms. The lowest BCUT2D eigenvalue weighted by Crippen LogP contribution is -2.49. The van der Waals surface area contributed by atoms with Crippen LogP contribution in [0.15, 0.2) is 0 Å². The Kier molecular flexibility index (Phi) is 4.87. The van der Waals surface area contributed by atoms with Crippen LogP contribution in [0.1, 0.15) is 51.9 Å². The van der Waals surface area contributed by atoms with Crippen molar-refractivity contribution in [1.82, 2.24) is 10.2 Å². The van der Waals surface area contributed by atoms with Crippen LogP contribution in [0.5, 0.6) is 0 Å². The Hall–Kier alpha value is -0.770. The van der Waals surface area contributed by atoms with Gasteiger partial charge in [-0.25, -0.2) is 4.79 Å². The molecule has 0 aromatic rings. The van der Waals surface area contributed by atoms with Crippen LogP contribution in [0, 0.1) is 5.92 Å². The van der Waals surface area contributed by atoms with Gasteiger partial charge in [-0.1, -0.05) is 13.3 Å². The summed E-state index contributed by atoms with van der Waals surface area (Å²) >= 11 is 0. The summed E-state index contributed by atoms with van der Waals surface area (Å²) < 4.78 is 0. The van der Waals surface area contributed by atoms with E-state index in [0.29, 0.717) is 12.0 Å². The SMILES string of the molecule is CCCC1CC1NC(=O)N1CCCCC1CCO. The van der Waals surface area contributed by atoms with Gasteiger partial charge in [-0.3, -0.25) is 0 Å². The second kappa shape index (κ2) is 6.41. The van der Waals surface area contributed by atoms with Crippen molar-refractivity contribution in [3.05, 3.63) is 0 Å². The Morgan fingerprint density at radius 1 is 1.39 bits per heavy atom. The molecule has 4 nitrogen and oxygen atoms in total. The van der Waals surface area contributed by atoms with Crippen molar-refractivity contribution in [3.63, 3.8) is 0 Å². The van der Waals surface area contributed by atoms with Crippen LogP contribution in [-0.2, 0) is 0 Å². The van der Waals surface area contributed by atoms with Crippen LogP contribution in [0.25, 0.3) is 0 Å². The molecular formula is C14H26N2O2. The number of aliphatic hydroxyl groups is 1. The Morgan fingerprint density at radius 2 is 2.22 bits per heavy atom. The van der Waals surface area contributed by atoms with E-state index >= 15 is 0 Å². The number of likely N-dealkylation sites (tertiary alicyclic amines) is 1. The summed E-state index contributed by atoms with van der Waals surface area (Å²) in [6.45, 7) is 3.22. The Morgan fingerprint density at radius 3 is 2.94 bits per heavy atom. The molecule has 2 fully saturated rings. The third kappa shape index (κ3) is 3.37. The fourth-order valence-electron chi connectivity index (χ4n) is 3.07. The molecule has 1 aliphatic heterocycles. The second-order valence-corrected chi connectivity index (χ2v) is 5.70. The van der Waals surface area contributed by atoms with E-state index in [1.165, 1.54) is 19.3 Å². The predicted molar refractivity (Wildman–Crippen MR) is 71.4 cm³/mol. The summed E-state index contributed by atoms with van der Waals surface area (Å²) in [6, 6.07) is 0.748. The van der Waals surface area contributed by atoms with Crippen LogP contribution in [0.4, 0.5) is 4.79 Å². The number of hydrogen-bond donors (Lipinski definition) is 2. The Bertz CT molecular complexity index is 281. The average molecular weight is 254 g/mol. The van der Waals surface area contributed by atoms with E-state index in [0.717, 1.165) is 32.2 Å². The molecule has 2 aliphatic rings. The number of rotatable bonds is 5. The van der Waals surface area contributed by atoms with Crippen molar-refractivity contribution in [2.75, 3.05) is 13.2 Å². The van der Waals surface area contributed by atoms with Crippen LogP contribution >= 0.6 is 0 Å². The van der Waals surface area contributed by atoms with Crippen molar-refractivity contribution in [3.8, 4) is 0 Å². The quantitative estimate of drug-likeness (QED) is 0.789. The summed E-state index contributed by atoms with van der Waals surface area (Å²) in [6.07, 6.45) is 7.61. The Labute approximate surface area is 110 Å². The largest absolute Gasteiger partial charge is 0.396 e. The van der Waals surface area contributed by atoms with Gasteiger partial charge in [0.05, 0.1) is 0 Å². The lowest BCUT2D eigenvalue weighted by Gasteiger charge is -2.35. The molecular weight excluding hydrogens is 228 g/mol. The molecule has 1 saturated heterocycles. The summed E-state index contributed by atoms with van der Waals surface area (Å²) in [4.78, 5) is 14.2. The molecule has 2 N–H and O–H groups in total. The molecule has 0 aromatic heterocycles. The van der Waals surface area contributed by atoms with Crippen LogP contribution < -0.4 is 5.32 Å². The first-order chi connectivity index (χ1) is 8.76. The number of aliphatic hydroxyl groups excluding tert-OH is 1. The minimum absolute atomic E-state index is 0.0942. The second-order valence-electron chi connectivity index (χ2n) is 5.70. The molecule has 0 spiro atoms. The monoisotopic (exact) mass is 254 g/mol. The fourth-order valence-corrected chi connectivity index (χ4v) is 3.07. The molecule has 104 valence electrons. The molecule has 2 amide bonds. The minimum Gasteiger partial charge on any atom is -0.396 e. The highest BCUT2D eigenvalue weighted by atomic mass is 16.3. The standard InChI is InChI=1S/C14H26N2O2/c1-2-5-11-10-13(11)15-14(18)16-8-4-3-6-12(16)7-9-17/h11-13,17H,2-10H2,1H3,(H,15,18). The van der Waals surface area contributed by atoms with E-state index < -0.39 is 0 Å². The van der Waals surface area contributed by atoms with Crippen molar-refractivity contribution >= 4 is 6.03 Å². The molecule has 1 aliphatic carbocycles. The number of carbonyl (C=O) groups is 1. The van der Waals surface area contributed by atoms with Crippen molar-refractivity contribution in [1.29, 1.82) is 0 Å². The molecule has 0 aromatic carbocycles. The van der Waals surface area contributed by atoms with E-state index in [4.69, 9.17) is 5.11 Å². The molecule has 1 saturated carbocycles. The third-order valence-electron chi connectivity index (χ3n) is 4.24. The fraction of sp³-hybridized carbons (Fsp3) is 0.929. The summed E-state index contributed by atoms with van der Waals surface area (Å²) in [5.41, 5.74) is 0. The maximum absolute atomic E-state index is 12.2. The van der Waals surface area contributed by atoms with Gasteiger partial charge in [-0.05, 0) is 44.4 Å². The zero-order valence-electron chi connectivity index (χ0n) is 11.4.